The van der Waals surface area contributed by atoms with Crippen molar-refractivity contribution >= 4 is 29.7 Å². The number of fused-ring (bicyclic) bond motifs is 1. The number of aliphatic hydroxyl groups excluding tert-OH is 1. The second-order valence-corrected chi connectivity index (χ2v) is 7.80. The fourth-order valence-electron chi connectivity index (χ4n) is 3.05. The summed E-state index contributed by atoms with van der Waals surface area (Å²) in [5.41, 5.74) is 6.78. The van der Waals surface area contributed by atoms with Gasteiger partial charge in [0.2, 0.25) is 0 Å². The molecule has 3 rings (SSSR count). The molecule has 1 aromatic rings. The first-order valence-corrected chi connectivity index (χ1v) is 10.4. The third kappa shape index (κ3) is 6.20. The van der Waals surface area contributed by atoms with Crippen molar-refractivity contribution in [3.05, 3.63) is 34.9 Å². The molecule has 2 aliphatic rings. The Labute approximate surface area is 197 Å². The smallest absolute Gasteiger partial charge is 0.351 e. The van der Waals surface area contributed by atoms with E-state index in [4.69, 9.17) is 34.6 Å². The van der Waals surface area contributed by atoms with Gasteiger partial charge in [-0.3, -0.25) is 9.36 Å². The highest BCUT2D eigenvalue weighted by molar-refractivity contribution is 5.92. The maximum Gasteiger partial charge on any atom is 0.351 e. The lowest BCUT2D eigenvalue weighted by Crippen LogP contribution is -2.43. The number of hydrogen-bond acceptors (Lipinski definition) is 14. The molecule has 0 bridgehead atoms. The standard InChI is InChI=1S/C20H24N4O11/c1-9(2)18(28)35-23-12-5-6-24(20(30)22-12)17-16-15(33-13(26)3-4-14(27)34-16)11(32-17)8-31-19(29)10(21)7-25/h3-6,9-11,15-17,25H,7-8,21H2,1-2H3,(H,22,23,30)/b4-3-/t10-,11-,15?,16+,17-/m1/s1. The monoisotopic (exact) mass is 496 g/mol. The van der Waals surface area contributed by atoms with E-state index in [0.717, 1.165) is 16.7 Å². The third-order valence-corrected chi connectivity index (χ3v) is 4.87. The van der Waals surface area contributed by atoms with Crippen LogP contribution in [0.1, 0.15) is 20.1 Å². The van der Waals surface area contributed by atoms with E-state index in [-0.39, 0.29) is 5.82 Å². The molecule has 1 fully saturated rings. The summed E-state index contributed by atoms with van der Waals surface area (Å²) in [6.45, 7) is 2.08. The molecule has 1 aromatic heterocycles. The van der Waals surface area contributed by atoms with Crippen LogP contribution in [0.25, 0.3) is 0 Å². The van der Waals surface area contributed by atoms with Gasteiger partial charge in [0.15, 0.2) is 24.3 Å². The number of rotatable bonds is 8. The summed E-state index contributed by atoms with van der Waals surface area (Å²) in [5, 5.41) is 8.99. The first-order chi connectivity index (χ1) is 16.6. The Balaban J connectivity index is 1.84. The SMILES string of the molecule is CC(C)C(=O)ONc1ccn([C@@H]2O[C@H](COC(=O)[C@H](N)CO)C3OC(=O)/C=C\C(=O)O[C@@H]32)c(=O)n1. The second kappa shape index (κ2) is 11.1. The Bertz CT molecular complexity index is 1070. The first kappa shape index (κ1) is 25.8. The summed E-state index contributed by atoms with van der Waals surface area (Å²) in [6, 6.07) is -0.0159. The van der Waals surface area contributed by atoms with Crippen molar-refractivity contribution in [1.82, 2.24) is 9.55 Å². The number of nitrogens with one attached hydrogen (secondary N) is 1. The van der Waals surface area contributed by atoms with Crippen LogP contribution in [-0.4, -0.2) is 76.1 Å². The highest BCUT2D eigenvalue weighted by Gasteiger charge is 2.51. The average Bonchev–Trinajstić information content (AvgIpc) is 3.13. The molecule has 0 saturated carbocycles. The van der Waals surface area contributed by atoms with E-state index in [1.54, 1.807) is 13.8 Å². The molecule has 190 valence electrons. The number of carbonyl (C=O) groups excluding carboxylic acids is 4. The predicted octanol–water partition coefficient (Wildman–Crippen LogP) is -2.08. The predicted molar refractivity (Wildman–Crippen MR) is 112 cm³/mol. The Morgan fingerprint density at radius 3 is 2.43 bits per heavy atom. The molecule has 0 spiro atoms. The molecule has 0 amide bonds. The first-order valence-electron chi connectivity index (χ1n) is 10.4. The van der Waals surface area contributed by atoms with Gasteiger partial charge in [0, 0.05) is 24.4 Å². The number of aromatic nitrogens is 2. The molecular weight excluding hydrogens is 472 g/mol. The van der Waals surface area contributed by atoms with Gasteiger partial charge in [-0.2, -0.15) is 4.98 Å². The Morgan fingerprint density at radius 1 is 1.17 bits per heavy atom. The lowest BCUT2D eigenvalue weighted by atomic mass is 10.1. The van der Waals surface area contributed by atoms with Gasteiger partial charge >= 0.3 is 29.6 Å². The topological polar surface area (TPSA) is 208 Å². The fraction of sp³-hybridized carbons (Fsp3) is 0.500. The van der Waals surface area contributed by atoms with E-state index in [1.165, 1.54) is 12.3 Å². The Morgan fingerprint density at radius 2 is 1.83 bits per heavy atom. The number of nitrogens with zero attached hydrogens (tertiary/aromatic N) is 2. The molecule has 15 nitrogen and oxygen atoms in total. The lowest BCUT2D eigenvalue weighted by molar-refractivity contribution is -0.165. The van der Waals surface area contributed by atoms with Crippen LogP contribution in [0.5, 0.6) is 0 Å². The molecule has 1 saturated heterocycles. The van der Waals surface area contributed by atoms with Crippen molar-refractivity contribution in [3.63, 3.8) is 0 Å². The van der Waals surface area contributed by atoms with Crippen LogP contribution in [0, 0.1) is 5.92 Å². The average molecular weight is 496 g/mol. The summed E-state index contributed by atoms with van der Waals surface area (Å²) in [6.07, 6.45) is -2.16. The number of aliphatic hydroxyl groups is 1. The van der Waals surface area contributed by atoms with Crippen LogP contribution in [0.4, 0.5) is 5.82 Å². The summed E-state index contributed by atoms with van der Waals surface area (Å²) in [5.74, 6) is -3.81. The van der Waals surface area contributed by atoms with E-state index < -0.39 is 79.3 Å². The van der Waals surface area contributed by atoms with Crippen molar-refractivity contribution in [2.24, 2.45) is 11.7 Å². The van der Waals surface area contributed by atoms with Gasteiger partial charge in [0.25, 0.3) is 0 Å². The van der Waals surface area contributed by atoms with Crippen LogP contribution < -0.4 is 16.9 Å². The van der Waals surface area contributed by atoms with E-state index in [0.29, 0.717) is 0 Å². The molecule has 5 atom stereocenters. The van der Waals surface area contributed by atoms with Crippen molar-refractivity contribution in [2.45, 2.75) is 44.4 Å². The molecular formula is C20H24N4O11. The van der Waals surface area contributed by atoms with Crippen molar-refractivity contribution in [2.75, 3.05) is 18.7 Å². The summed E-state index contributed by atoms with van der Waals surface area (Å²) >= 11 is 0. The van der Waals surface area contributed by atoms with Crippen molar-refractivity contribution in [3.8, 4) is 0 Å². The normalized spacial score (nSPS) is 25.4. The molecule has 35 heavy (non-hydrogen) atoms. The third-order valence-electron chi connectivity index (χ3n) is 4.87. The van der Waals surface area contributed by atoms with Crippen LogP contribution in [-0.2, 0) is 43.0 Å². The lowest BCUT2D eigenvalue weighted by Gasteiger charge is -2.25. The van der Waals surface area contributed by atoms with Gasteiger partial charge < -0.3 is 34.6 Å². The molecule has 0 aliphatic carbocycles. The zero-order chi connectivity index (χ0) is 25.7. The minimum Gasteiger partial charge on any atom is -0.462 e. The molecule has 4 N–H and O–H groups in total. The Hall–Kier alpha value is -3.82. The van der Waals surface area contributed by atoms with Gasteiger partial charge in [-0.1, -0.05) is 13.8 Å². The number of carbonyl (C=O) groups is 4. The van der Waals surface area contributed by atoms with E-state index >= 15 is 0 Å². The fourth-order valence-corrected chi connectivity index (χ4v) is 3.05. The van der Waals surface area contributed by atoms with E-state index in [2.05, 4.69) is 10.5 Å². The van der Waals surface area contributed by atoms with Crippen LogP contribution in [0.2, 0.25) is 0 Å². The van der Waals surface area contributed by atoms with Gasteiger partial charge in [-0.05, 0) is 0 Å². The molecule has 15 heteroatoms. The summed E-state index contributed by atoms with van der Waals surface area (Å²) in [4.78, 5) is 68.8. The maximum atomic E-state index is 12.7. The van der Waals surface area contributed by atoms with Gasteiger partial charge in [-0.25, -0.2) is 24.7 Å². The van der Waals surface area contributed by atoms with Crippen molar-refractivity contribution < 1.29 is 48.1 Å². The summed E-state index contributed by atoms with van der Waals surface area (Å²) < 4.78 is 22.4. The largest absolute Gasteiger partial charge is 0.462 e. The molecule has 2 aliphatic heterocycles. The van der Waals surface area contributed by atoms with Crippen LogP contribution in [0.15, 0.2) is 29.2 Å². The van der Waals surface area contributed by atoms with E-state index in [1.807, 2.05) is 0 Å². The quantitative estimate of drug-likeness (QED) is 0.201. The van der Waals surface area contributed by atoms with E-state index in [9.17, 15) is 24.0 Å². The highest BCUT2D eigenvalue weighted by Crippen LogP contribution is 2.34. The molecule has 0 aromatic carbocycles. The number of anilines is 1. The maximum absolute atomic E-state index is 12.7. The Kier molecular flexibility index (Phi) is 8.16. The molecule has 1 unspecified atom stereocenters. The minimum atomic E-state index is -1.33. The molecule has 3 heterocycles. The summed E-state index contributed by atoms with van der Waals surface area (Å²) in [7, 11) is 0. The number of nitrogens with two attached hydrogens (primary N) is 1. The van der Waals surface area contributed by atoms with Crippen molar-refractivity contribution in [1.29, 1.82) is 0 Å². The van der Waals surface area contributed by atoms with Crippen LogP contribution >= 0.6 is 0 Å². The second-order valence-electron chi connectivity index (χ2n) is 7.80. The van der Waals surface area contributed by atoms with Gasteiger partial charge in [-0.15, -0.1) is 0 Å². The van der Waals surface area contributed by atoms with Gasteiger partial charge in [0.1, 0.15) is 18.8 Å². The van der Waals surface area contributed by atoms with Gasteiger partial charge in [0.05, 0.1) is 12.5 Å². The number of esters is 3. The van der Waals surface area contributed by atoms with Crippen LogP contribution in [0.3, 0.4) is 0 Å². The number of ether oxygens (including phenoxy) is 4. The number of hydrogen-bond donors (Lipinski definition) is 3. The zero-order valence-electron chi connectivity index (χ0n) is 18.7. The molecule has 0 radical (unpaired) electrons. The minimum absolute atomic E-state index is 0.0812. The highest BCUT2D eigenvalue weighted by atomic mass is 16.7. The zero-order valence-corrected chi connectivity index (χ0v) is 18.7.